The summed E-state index contributed by atoms with van der Waals surface area (Å²) in [5.74, 6) is 1.53. The smallest absolute Gasteiger partial charge is 0.126 e. The van der Waals surface area contributed by atoms with Gasteiger partial charge < -0.3 is 14.7 Å². The van der Waals surface area contributed by atoms with Gasteiger partial charge in [-0.2, -0.15) is 0 Å². The van der Waals surface area contributed by atoms with Crippen LogP contribution in [0, 0.1) is 13.8 Å². The van der Waals surface area contributed by atoms with Gasteiger partial charge in [0, 0.05) is 43.9 Å². The highest BCUT2D eigenvalue weighted by atomic mass is 16.5. The molecule has 0 aliphatic carbocycles. The molecule has 1 unspecified atom stereocenters. The third-order valence-electron chi connectivity index (χ3n) is 9.02. The summed E-state index contributed by atoms with van der Waals surface area (Å²) in [6.07, 6.45) is 20.4. The molecule has 41 heavy (non-hydrogen) atoms. The van der Waals surface area contributed by atoms with E-state index in [0.717, 1.165) is 113 Å². The number of aromatic hydroxyl groups is 1. The molecule has 1 aromatic rings. The van der Waals surface area contributed by atoms with Crippen LogP contribution in [0.4, 0.5) is 0 Å². The van der Waals surface area contributed by atoms with Crippen LogP contribution in [0.3, 0.4) is 0 Å². The normalized spacial score (nSPS) is 18.6. The summed E-state index contributed by atoms with van der Waals surface area (Å²) in [6.45, 7) is 23.1. The summed E-state index contributed by atoms with van der Waals surface area (Å²) in [6, 6.07) is 0. The molecule has 2 heterocycles. The second kappa shape index (κ2) is 17.0. The van der Waals surface area contributed by atoms with Gasteiger partial charge in [0.25, 0.3) is 0 Å². The van der Waals surface area contributed by atoms with Gasteiger partial charge in [-0.15, -0.1) is 6.58 Å². The van der Waals surface area contributed by atoms with Crippen molar-refractivity contribution < 1.29 is 9.84 Å². The molecule has 2 aliphatic rings. The first-order valence-corrected chi connectivity index (χ1v) is 16.2. The third-order valence-corrected chi connectivity index (χ3v) is 9.02. The second-order valence-corrected chi connectivity index (χ2v) is 12.7. The topological polar surface area (TPSA) is 35.9 Å². The maximum absolute atomic E-state index is 11.2. The minimum Gasteiger partial charge on any atom is -0.507 e. The predicted molar refractivity (Wildman–Crippen MR) is 176 cm³/mol. The fraction of sp³-hybridized carbons (Fsp3) is 0.622. The van der Waals surface area contributed by atoms with Gasteiger partial charge in [-0.05, 0) is 123 Å². The minimum absolute atomic E-state index is 0.248. The highest BCUT2D eigenvalue weighted by Gasteiger charge is 2.29. The molecule has 1 aromatic carbocycles. The summed E-state index contributed by atoms with van der Waals surface area (Å²) in [5, 5.41) is 11.2. The maximum atomic E-state index is 11.2. The molecule has 4 nitrogen and oxygen atoms in total. The number of rotatable bonds is 15. The van der Waals surface area contributed by atoms with Crippen LogP contribution in [-0.4, -0.2) is 53.7 Å². The molecular formula is C37H58N2O2. The number of hydrogen-bond donors (Lipinski definition) is 1. The fourth-order valence-corrected chi connectivity index (χ4v) is 6.12. The molecule has 1 atom stereocenters. The average molecular weight is 563 g/mol. The van der Waals surface area contributed by atoms with Crippen LogP contribution in [0.15, 0.2) is 47.6 Å². The molecular weight excluding hydrogens is 504 g/mol. The summed E-state index contributed by atoms with van der Waals surface area (Å²) in [4.78, 5) is 5.07. The van der Waals surface area contributed by atoms with Crippen LogP contribution in [0.2, 0.25) is 0 Å². The highest BCUT2D eigenvalue weighted by molar-refractivity contribution is 5.58. The zero-order chi connectivity index (χ0) is 29.8. The van der Waals surface area contributed by atoms with Gasteiger partial charge in [0.05, 0.1) is 6.10 Å². The number of benzene rings is 1. The number of hydrogen-bond acceptors (Lipinski definition) is 4. The largest absolute Gasteiger partial charge is 0.507 e. The number of allylic oxidation sites excluding steroid dienone is 7. The van der Waals surface area contributed by atoms with Gasteiger partial charge in [0.2, 0.25) is 0 Å². The number of phenolic OH excluding ortho intramolecular Hbond substituents is 1. The Labute approximate surface area is 251 Å². The molecule has 0 saturated carbocycles. The molecule has 3 rings (SSSR count). The summed E-state index contributed by atoms with van der Waals surface area (Å²) in [7, 11) is 0. The first-order valence-electron chi connectivity index (χ1n) is 16.2. The zero-order valence-corrected chi connectivity index (χ0v) is 27.2. The molecule has 1 fully saturated rings. The van der Waals surface area contributed by atoms with Crippen molar-refractivity contribution in [3.8, 4) is 11.5 Å². The van der Waals surface area contributed by atoms with E-state index in [4.69, 9.17) is 4.74 Å². The van der Waals surface area contributed by atoms with Crippen molar-refractivity contribution in [2.24, 2.45) is 0 Å². The van der Waals surface area contributed by atoms with E-state index in [-0.39, 0.29) is 6.10 Å². The summed E-state index contributed by atoms with van der Waals surface area (Å²) in [5.41, 5.74) is 8.82. The molecule has 1 N–H and O–H groups in total. The Morgan fingerprint density at radius 2 is 1.51 bits per heavy atom. The Bertz CT molecular complexity index is 1080. The number of ether oxygens (including phenoxy) is 1. The lowest BCUT2D eigenvalue weighted by Gasteiger charge is -2.36. The van der Waals surface area contributed by atoms with Crippen molar-refractivity contribution in [2.75, 3.05) is 32.7 Å². The number of piperazine rings is 1. The summed E-state index contributed by atoms with van der Waals surface area (Å²) < 4.78 is 6.66. The lowest BCUT2D eigenvalue weighted by atomic mass is 9.89. The molecule has 1 saturated heterocycles. The fourth-order valence-electron chi connectivity index (χ4n) is 6.12. The first-order chi connectivity index (χ1) is 19.7. The van der Waals surface area contributed by atoms with Crippen LogP contribution in [0.5, 0.6) is 11.5 Å². The predicted octanol–water partition coefficient (Wildman–Crippen LogP) is 8.99. The lowest BCUT2D eigenvalue weighted by Crippen LogP contribution is -2.46. The van der Waals surface area contributed by atoms with Crippen LogP contribution in [0.25, 0.3) is 0 Å². The molecule has 228 valence electrons. The van der Waals surface area contributed by atoms with E-state index >= 15 is 0 Å². The number of unbranched alkanes of at least 4 members (excludes halogenated alkanes) is 1. The average Bonchev–Trinajstić information content (AvgIpc) is 2.95. The SMILES string of the molecule is C=CCCCN1CCN(Cc2c(O)c(C)c(C)c3c2CCC(CC/C=C(\C)CC/C=C(\C)CCC=C(C)C)O3)CC1. The van der Waals surface area contributed by atoms with E-state index in [1.807, 2.05) is 13.0 Å². The Balaban J connectivity index is 1.52. The van der Waals surface area contributed by atoms with E-state index in [9.17, 15) is 5.11 Å². The Morgan fingerprint density at radius 3 is 2.17 bits per heavy atom. The van der Waals surface area contributed by atoms with Gasteiger partial charge in [0.1, 0.15) is 11.5 Å². The molecule has 0 radical (unpaired) electrons. The van der Waals surface area contributed by atoms with Crippen molar-refractivity contribution in [1.29, 1.82) is 0 Å². The van der Waals surface area contributed by atoms with E-state index in [1.165, 1.54) is 35.1 Å². The molecule has 2 aliphatic heterocycles. The second-order valence-electron chi connectivity index (χ2n) is 12.7. The van der Waals surface area contributed by atoms with Gasteiger partial charge in [0.15, 0.2) is 0 Å². The highest BCUT2D eigenvalue weighted by Crippen LogP contribution is 2.42. The maximum Gasteiger partial charge on any atom is 0.126 e. The molecule has 0 bridgehead atoms. The van der Waals surface area contributed by atoms with Gasteiger partial charge in [-0.25, -0.2) is 0 Å². The standard InChI is InChI=1S/C37H58N2O2/c1-8-9-10-22-38-23-25-39(26-24-38)27-35-34-21-20-33(41-37(34)32(7)31(6)36(35)40)19-13-18-30(5)17-12-16-29(4)15-11-14-28(2)3/h8,14,16,18,33,40H,1,9-13,15,17,19-27H2,2-7H3/b29-16+,30-18+. The van der Waals surface area contributed by atoms with Crippen molar-refractivity contribution in [2.45, 2.75) is 118 Å². The third kappa shape index (κ3) is 10.5. The number of phenols is 1. The van der Waals surface area contributed by atoms with E-state index in [2.05, 4.69) is 69.2 Å². The minimum atomic E-state index is 0.248. The quantitative estimate of drug-likeness (QED) is 0.171. The van der Waals surface area contributed by atoms with Gasteiger partial charge in [-0.1, -0.05) is 41.0 Å². The van der Waals surface area contributed by atoms with Crippen LogP contribution >= 0.6 is 0 Å². The van der Waals surface area contributed by atoms with Crippen molar-refractivity contribution in [1.82, 2.24) is 9.80 Å². The first kappa shape index (κ1) is 33.2. The van der Waals surface area contributed by atoms with E-state index in [1.54, 1.807) is 0 Å². The van der Waals surface area contributed by atoms with Crippen LogP contribution in [0.1, 0.15) is 108 Å². The Morgan fingerprint density at radius 1 is 0.878 bits per heavy atom. The van der Waals surface area contributed by atoms with E-state index < -0.39 is 0 Å². The summed E-state index contributed by atoms with van der Waals surface area (Å²) >= 11 is 0. The zero-order valence-electron chi connectivity index (χ0n) is 27.2. The van der Waals surface area contributed by atoms with Crippen molar-refractivity contribution in [3.05, 3.63) is 69.9 Å². The van der Waals surface area contributed by atoms with Gasteiger partial charge in [-0.3, -0.25) is 4.90 Å². The monoisotopic (exact) mass is 562 g/mol. The van der Waals surface area contributed by atoms with Crippen LogP contribution < -0.4 is 4.74 Å². The number of nitrogens with zero attached hydrogens (tertiary/aromatic N) is 2. The Hall–Kier alpha value is -2.30. The molecule has 4 heteroatoms. The molecule has 0 aromatic heterocycles. The van der Waals surface area contributed by atoms with Gasteiger partial charge >= 0.3 is 0 Å². The lowest BCUT2D eigenvalue weighted by molar-refractivity contribution is 0.124. The molecule has 0 spiro atoms. The van der Waals surface area contributed by atoms with Crippen molar-refractivity contribution >= 4 is 0 Å². The molecule has 0 amide bonds. The Kier molecular flexibility index (Phi) is 13.7. The van der Waals surface area contributed by atoms with E-state index in [0.29, 0.717) is 5.75 Å². The van der Waals surface area contributed by atoms with Crippen LogP contribution in [-0.2, 0) is 13.0 Å². The number of fused-ring (bicyclic) bond motifs is 1. The van der Waals surface area contributed by atoms with Crippen molar-refractivity contribution in [3.63, 3.8) is 0 Å².